The molecule has 2 rings (SSSR count). The molecule has 0 bridgehead atoms. The van der Waals surface area contributed by atoms with Crippen LogP contribution in [0.5, 0.6) is 0 Å². The van der Waals surface area contributed by atoms with Gasteiger partial charge in [-0.05, 0) is 30.2 Å². The molecule has 1 aromatic rings. The molecule has 0 spiro atoms. The summed E-state index contributed by atoms with van der Waals surface area (Å²) in [5, 5.41) is -0.0278. The highest BCUT2D eigenvalue weighted by Gasteiger charge is 2.30. The minimum atomic E-state index is -4.34. The number of carbonyl (C=O) groups is 1. The quantitative estimate of drug-likeness (QED) is 0.808. The van der Waals surface area contributed by atoms with Crippen molar-refractivity contribution in [3.8, 4) is 0 Å². The van der Waals surface area contributed by atoms with Crippen LogP contribution in [0, 0.1) is 0 Å². The molecule has 0 unspecified atom stereocenters. The van der Waals surface area contributed by atoms with Crippen LogP contribution in [0.3, 0.4) is 0 Å². The Labute approximate surface area is 136 Å². The van der Waals surface area contributed by atoms with Crippen LogP contribution < -0.4 is 0 Å². The maximum absolute atomic E-state index is 12.5. The number of hydrogen-bond donors (Lipinski definition) is 0. The lowest BCUT2D eigenvalue weighted by molar-refractivity contribution is -0.166. The summed E-state index contributed by atoms with van der Waals surface area (Å²) in [6.45, 7) is 3.72. The third-order valence-electron chi connectivity index (χ3n) is 3.20. The Morgan fingerprint density at radius 3 is 2.48 bits per heavy atom. The molecular formula is C16H17F3O3S. The predicted octanol–water partition coefficient (Wildman–Crippen LogP) is 4.48. The molecule has 3 nitrogen and oxygen atoms in total. The number of thioether (sulfide) groups is 1. The van der Waals surface area contributed by atoms with Crippen molar-refractivity contribution in [2.45, 2.75) is 38.2 Å². The van der Waals surface area contributed by atoms with Gasteiger partial charge in [-0.3, -0.25) is 4.79 Å². The summed E-state index contributed by atoms with van der Waals surface area (Å²) in [6.07, 6.45) is -2.60. The summed E-state index contributed by atoms with van der Waals surface area (Å²) >= 11 is 1.11. The van der Waals surface area contributed by atoms with Gasteiger partial charge in [-0.1, -0.05) is 30.0 Å². The average Bonchev–Trinajstić information content (AvgIpc) is 2.46. The second-order valence-electron chi connectivity index (χ2n) is 5.17. The van der Waals surface area contributed by atoms with Crippen LogP contribution in [0.4, 0.5) is 13.2 Å². The van der Waals surface area contributed by atoms with Gasteiger partial charge in [0.1, 0.15) is 5.44 Å². The van der Waals surface area contributed by atoms with Gasteiger partial charge in [-0.25, -0.2) is 0 Å². The average molecular weight is 346 g/mol. The number of hydrogen-bond acceptors (Lipinski definition) is 4. The van der Waals surface area contributed by atoms with Crippen LogP contribution in [-0.2, 0) is 20.4 Å². The number of alkyl halides is 3. The molecule has 7 heteroatoms. The van der Waals surface area contributed by atoms with Crippen molar-refractivity contribution in [1.29, 1.82) is 0 Å². The second kappa shape index (κ2) is 7.51. The third kappa shape index (κ3) is 5.37. The maximum atomic E-state index is 12.5. The summed E-state index contributed by atoms with van der Waals surface area (Å²) < 4.78 is 48.8. The van der Waals surface area contributed by atoms with Crippen LogP contribution in [0.25, 0.3) is 6.08 Å². The van der Waals surface area contributed by atoms with E-state index in [1.165, 1.54) is 19.1 Å². The van der Waals surface area contributed by atoms with Crippen molar-refractivity contribution in [3.05, 3.63) is 41.0 Å². The Balaban J connectivity index is 2.05. The van der Waals surface area contributed by atoms with Gasteiger partial charge < -0.3 is 9.47 Å². The first-order chi connectivity index (χ1) is 10.8. The molecule has 1 saturated heterocycles. The number of carbonyl (C=O) groups excluding carboxylic acids is 1. The molecule has 0 radical (unpaired) electrons. The Hall–Kier alpha value is -1.31. The molecule has 1 aromatic carbocycles. The van der Waals surface area contributed by atoms with Crippen molar-refractivity contribution in [3.63, 3.8) is 0 Å². The summed E-state index contributed by atoms with van der Waals surface area (Å²) in [5.41, 5.74) is 0.417. The maximum Gasteiger partial charge on any atom is 0.416 e. The van der Waals surface area contributed by atoms with Gasteiger partial charge in [-0.15, -0.1) is 0 Å². The molecule has 1 aliphatic heterocycles. The summed E-state index contributed by atoms with van der Waals surface area (Å²) in [4.78, 5) is 11.1. The highest BCUT2D eigenvalue weighted by molar-refractivity contribution is 8.13. The van der Waals surface area contributed by atoms with E-state index in [0.29, 0.717) is 18.6 Å². The molecule has 0 N–H and O–H groups in total. The van der Waals surface area contributed by atoms with E-state index < -0.39 is 18.0 Å². The summed E-state index contributed by atoms with van der Waals surface area (Å²) in [7, 11) is 0. The zero-order chi connectivity index (χ0) is 17.0. The zero-order valence-corrected chi connectivity index (χ0v) is 13.5. The van der Waals surface area contributed by atoms with Crippen LogP contribution in [0.1, 0.15) is 31.4 Å². The molecule has 1 heterocycles. The molecule has 23 heavy (non-hydrogen) atoms. The number of halogens is 3. The van der Waals surface area contributed by atoms with Crippen molar-refractivity contribution in [2.24, 2.45) is 0 Å². The SMILES string of the molecule is CC(=O)S[C@@H]1CCO[C@@H](C(C)=Cc2ccc(C(F)(F)F)cc2)O1. The van der Waals surface area contributed by atoms with E-state index in [1.54, 1.807) is 13.0 Å². The van der Waals surface area contributed by atoms with E-state index in [4.69, 9.17) is 9.47 Å². The molecule has 126 valence electrons. The Kier molecular flexibility index (Phi) is 5.89. The first kappa shape index (κ1) is 18.0. The third-order valence-corrected chi connectivity index (χ3v) is 4.14. The van der Waals surface area contributed by atoms with Crippen LogP contribution in [0.2, 0.25) is 0 Å². The van der Waals surface area contributed by atoms with Gasteiger partial charge >= 0.3 is 6.18 Å². The van der Waals surface area contributed by atoms with E-state index >= 15 is 0 Å². The van der Waals surface area contributed by atoms with Gasteiger partial charge in [0.25, 0.3) is 0 Å². The summed E-state index contributed by atoms with van der Waals surface area (Å²) in [5.74, 6) is 0. The first-order valence-corrected chi connectivity index (χ1v) is 7.93. The molecule has 0 saturated carbocycles. The standard InChI is InChI=1S/C16H17F3O3S/c1-10(15-21-8-7-14(22-15)23-11(2)20)9-12-3-5-13(6-4-12)16(17,18)19/h3-6,9,14-15H,7-8H2,1-2H3/t14-,15-/m1/s1. The molecule has 0 aliphatic carbocycles. The Morgan fingerprint density at radius 2 is 1.91 bits per heavy atom. The van der Waals surface area contributed by atoms with E-state index in [2.05, 4.69) is 0 Å². The van der Waals surface area contributed by atoms with Gasteiger partial charge in [0.15, 0.2) is 11.4 Å². The summed E-state index contributed by atoms with van der Waals surface area (Å²) in [6, 6.07) is 4.88. The highest BCUT2D eigenvalue weighted by atomic mass is 32.2. The van der Waals surface area contributed by atoms with Gasteiger partial charge in [-0.2, -0.15) is 13.2 Å². The number of ether oxygens (including phenoxy) is 2. The fourth-order valence-corrected chi connectivity index (χ4v) is 2.87. The fourth-order valence-electron chi connectivity index (χ4n) is 2.13. The minimum Gasteiger partial charge on any atom is -0.349 e. The molecule has 1 aliphatic rings. The Morgan fingerprint density at radius 1 is 1.26 bits per heavy atom. The smallest absolute Gasteiger partial charge is 0.349 e. The van der Waals surface area contributed by atoms with Crippen LogP contribution >= 0.6 is 11.8 Å². The number of rotatable bonds is 3. The monoisotopic (exact) mass is 346 g/mol. The van der Waals surface area contributed by atoms with E-state index in [9.17, 15) is 18.0 Å². The molecule has 1 fully saturated rings. The predicted molar refractivity (Wildman–Crippen MR) is 82.6 cm³/mol. The van der Waals surface area contributed by atoms with Crippen LogP contribution in [-0.4, -0.2) is 23.4 Å². The normalized spacial score (nSPS) is 22.9. The highest BCUT2D eigenvalue weighted by Crippen LogP contribution is 2.30. The molecular weight excluding hydrogens is 329 g/mol. The number of benzene rings is 1. The van der Waals surface area contributed by atoms with E-state index in [0.717, 1.165) is 29.5 Å². The largest absolute Gasteiger partial charge is 0.416 e. The van der Waals surface area contributed by atoms with E-state index in [1.807, 2.05) is 0 Å². The molecule has 2 atom stereocenters. The van der Waals surface area contributed by atoms with Gasteiger partial charge in [0.2, 0.25) is 0 Å². The minimum absolute atomic E-state index is 0.0278. The first-order valence-electron chi connectivity index (χ1n) is 7.05. The second-order valence-corrected chi connectivity index (χ2v) is 6.51. The molecule has 0 aromatic heterocycles. The topological polar surface area (TPSA) is 35.5 Å². The fraction of sp³-hybridized carbons (Fsp3) is 0.438. The van der Waals surface area contributed by atoms with E-state index in [-0.39, 0.29) is 10.6 Å². The molecule has 0 amide bonds. The van der Waals surface area contributed by atoms with Crippen molar-refractivity contribution >= 4 is 23.0 Å². The zero-order valence-electron chi connectivity index (χ0n) is 12.7. The lowest BCUT2D eigenvalue weighted by atomic mass is 10.1. The van der Waals surface area contributed by atoms with Gasteiger partial charge in [0.05, 0.1) is 12.2 Å². The lowest BCUT2D eigenvalue weighted by Gasteiger charge is -2.29. The van der Waals surface area contributed by atoms with Crippen molar-refractivity contribution in [1.82, 2.24) is 0 Å². The van der Waals surface area contributed by atoms with Crippen molar-refractivity contribution in [2.75, 3.05) is 6.61 Å². The van der Waals surface area contributed by atoms with Crippen LogP contribution in [0.15, 0.2) is 29.8 Å². The van der Waals surface area contributed by atoms with Gasteiger partial charge in [0, 0.05) is 13.3 Å². The Bertz CT molecular complexity index is 581. The lowest BCUT2D eigenvalue weighted by Crippen LogP contribution is -2.31. The van der Waals surface area contributed by atoms with Crippen molar-refractivity contribution < 1.29 is 27.4 Å².